The number of alkyl halides is 2. The molecule has 0 radical (unpaired) electrons. The molecule has 1 amide bonds. The summed E-state index contributed by atoms with van der Waals surface area (Å²) in [5.41, 5.74) is 0.375. The van der Waals surface area contributed by atoms with Gasteiger partial charge in [-0.3, -0.25) is 4.79 Å². The van der Waals surface area contributed by atoms with E-state index in [0.717, 1.165) is 0 Å². The monoisotopic (exact) mass is 320 g/mol. The molecule has 1 aromatic carbocycles. The lowest BCUT2D eigenvalue weighted by Crippen LogP contribution is -2.37. The van der Waals surface area contributed by atoms with Crippen molar-refractivity contribution in [3.63, 3.8) is 0 Å². The molecule has 0 unspecified atom stereocenters. The molecule has 0 atom stereocenters. The van der Waals surface area contributed by atoms with Crippen molar-refractivity contribution in [3.05, 3.63) is 23.2 Å². The van der Waals surface area contributed by atoms with Gasteiger partial charge in [-0.2, -0.15) is 8.78 Å². The van der Waals surface area contributed by atoms with Crippen LogP contribution in [0.15, 0.2) is 18.2 Å². The Morgan fingerprint density at radius 2 is 2.05 bits per heavy atom. The Hall–Kier alpha value is -1.40. The number of nitrogens with one attached hydrogen (secondary N) is 2. The van der Waals surface area contributed by atoms with Gasteiger partial charge < -0.3 is 15.4 Å². The van der Waals surface area contributed by atoms with Crippen molar-refractivity contribution in [2.45, 2.75) is 39.3 Å². The van der Waals surface area contributed by atoms with Gasteiger partial charge in [-0.25, -0.2) is 0 Å². The minimum Gasteiger partial charge on any atom is -0.433 e. The number of amides is 1. The van der Waals surface area contributed by atoms with Crippen molar-refractivity contribution in [1.82, 2.24) is 5.32 Å². The molecule has 4 nitrogen and oxygen atoms in total. The molecular weight excluding hydrogens is 302 g/mol. The molecule has 2 N–H and O–H groups in total. The summed E-state index contributed by atoms with van der Waals surface area (Å²) in [6.45, 7) is 3.62. The van der Waals surface area contributed by atoms with E-state index in [9.17, 15) is 13.6 Å². The van der Waals surface area contributed by atoms with E-state index < -0.39 is 6.61 Å². The van der Waals surface area contributed by atoms with Crippen molar-refractivity contribution in [3.8, 4) is 5.75 Å². The number of carbonyl (C=O) groups is 1. The highest BCUT2D eigenvalue weighted by atomic mass is 35.5. The molecule has 0 aliphatic carbocycles. The zero-order valence-electron chi connectivity index (χ0n) is 12.2. The average Bonchev–Trinajstić information content (AvgIpc) is 2.30. The average molecular weight is 321 g/mol. The topological polar surface area (TPSA) is 50.4 Å². The standard InChI is InChI=1S/C14H19ClF2N2O2/c1-14(2,3)18-7-6-12(20)19-9-4-5-11(10(15)8-9)21-13(16)17/h4-5,8,13,18H,6-7H2,1-3H3,(H,19,20). The first-order chi connectivity index (χ1) is 9.67. The summed E-state index contributed by atoms with van der Waals surface area (Å²) in [6.07, 6.45) is 0.296. The van der Waals surface area contributed by atoms with Crippen LogP contribution < -0.4 is 15.4 Å². The van der Waals surface area contributed by atoms with Gasteiger partial charge in [-0.15, -0.1) is 0 Å². The fourth-order valence-corrected chi connectivity index (χ4v) is 1.77. The quantitative estimate of drug-likeness (QED) is 0.841. The number of hydrogen-bond donors (Lipinski definition) is 2. The number of carbonyl (C=O) groups excluding carboxylic acids is 1. The highest BCUT2D eigenvalue weighted by Gasteiger charge is 2.12. The molecule has 1 aromatic rings. The van der Waals surface area contributed by atoms with Crippen molar-refractivity contribution in [1.29, 1.82) is 0 Å². The van der Waals surface area contributed by atoms with Crippen LogP contribution in [0.1, 0.15) is 27.2 Å². The summed E-state index contributed by atoms with van der Waals surface area (Å²) in [5, 5.41) is 5.85. The predicted molar refractivity (Wildman–Crippen MR) is 79.1 cm³/mol. The summed E-state index contributed by atoms with van der Waals surface area (Å²) < 4.78 is 28.4. The van der Waals surface area contributed by atoms with Crippen molar-refractivity contribution >= 4 is 23.2 Å². The van der Waals surface area contributed by atoms with E-state index in [1.54, 1.807) is 0 Å². The fourth-order valence-electron chi connectivity index (χ4n) is 1.54. The Balaban J connectivity index is 2.51. The Labute approximate surface area is 127 Å². The molecule has 1 rings (SSSR count). The van der Waals surface area contributed by atoms with E-state index in [4.69, 9.17) is 11.6 Å². The lowest BCUT2D eigenvalue weighted by molar-refractivity contribution is -0.116. The predicted octanol–water partition coefficient (Wildman–Crippen LogP) is 3.66. The van der Waals surface area contributed by atoms with Gasteiger partial charge in [0.05, 0.1) is 5.02 Å². The second kappa shape index (κ2) is 7.56. The third-order valence-corrected chi connectivity index (χ3v) is 2.73. The zero-order valence-corrected chi connectivity index (χ0v) is 12.9. The lowest BCUT2D eigenvalue weighted by Gasteiger charge is -2.20. The van der Waals surface area contributed by atoms with Crippen molar-refractivity contribution in [2.75, 3.05) is 11.9 Å². The van der Waals surface area contributed by atoms with Gasteiger partial charge in [0.2, 0.25) is 5.91 Å². The SMILES string of the molecule is CC(C)(C)NCCC(=O)Nc1ccc(OC(F)F)c(Cl)c1. The maximum absolute atomic E-state index is 12.1. The van der Waals surface area contributed by atoms with Crippen LogP contribution in [0.25, 0.3) is 0 Å². The van der Waals surface area contributed by atoms with E-state index in [-0.39, 0.29) is 22.2 Å². The zero-order chi connectivity index (χ0) is 16.0. The van der Waals surface area contributed by atoms with Crippen LogP contribution in [-0.4, -0.2) is 24.6 Å². The minimum absolute atomic E-state index is 0.0147. The maximum atomic E-state index is 12.1. The van der Waals surface area contributed by atoms with E-state index >= 15 is 0 Å². The van der Waals surface area contributed by atoms with Crippen LogP contribution in [-0.2, 0) is 4.79 Å². The van der Waals surface area contributed by atoms with Gasteiger partial charge in [0, 0.05) is 24.2 Å². The molecule has 0 aliphatic rings. The van der Waals surface area contributed by atoms with E-state index in [2.05, 4.69) is 15.4 Å². The lowest BCUT2D eigenvalue weighted by atomic mass is 10.1. The molecule has 0 heterocycles. The smallest absolute Gasteiger partial charge is 0.387 e. The highest BCUT2D eigenvalue weighted by molar-refractivity contribution is 6.32. The Morgan fingerprint density at radius 3 is 2.57 bits per heavy atom. The summed E-state index contributed by atoms with van der Waals surface area (Å²) in [5.74, 6) is -0.315. The summed E-state index contributed by atoms with van der Waals surface area (Å²) in [7, 11) is 0. The molecule has 0 spiro atoms. The number of hydrogen-bond acceptors (Lipinski definition) is 3. The molecule has 0 aliphatic heterocycles. The van der Waals surface area contributed by atoms with Crippen LogP contribution in [0.4, 0.5) is 14.5 Å². The summed E-state index contributed by atoms with van der Waals surface area (Å²) in [4.78, 5) is 11.7. The normalized spacial score (nSPS) is 11.6. The fraction of sp³-hybridized carbons (Fsp3) is 0.500. The van der Waals surface area contributed by atoms with E-state index in [1.165, 1.54) is 18.2 Å². The molecule has 0 fully saturated rings. The summed E-state index contributed by atoms with van der Waals surface area (Å²) in [6, 6.07) is 4.12. The molecule has 0 aromatic heterocycles. The molecular formula is C14H19ClF2N2O2. The van der Waals surface area contributed by atoms with E-state index in [0.29, 0.717) is 18.7 Å². The molecule has 0 bridgehead atoms. The van der Waals surface area contributed by atoms with Crippen LogP contribution >= 0.6 is 11.6 Å². The molecule has 118 valence electrons. The van der Waals surface area contributed by atoms with Gasteiger partial charge in [0.25, 0.3) is 0 Å². The second-order valence-corrected chi connectivity index (χ2v) is 5.91. The number of benzene rings is 1. The maximum Gasteiger partial charge on any atom is 0.387 e. The number of ether oxygens (including phenoxy) is 1. The van der Waals surface area contributed by atoms with E-state index in [1.807, 2.05) is 20.8 Å². The van der Waals surface area contributed by atoms with Gasteiger partial charge in [-0.1, -0.05) is 11.6 Å². The summed E-state index contributed by atoms with van der Waals surface area (Å²) >= 11 is 5.80. The van der Waals surface area contributed by atoms with Crippen molar-refractivity contribution in [2.24, 2.45) is 0 Å². The Kier molecular flexibility index (Phi) is 6.36. The highest BCUT2D eigenvalue weighted by Crippen LogP contribution is 2.28. The Morgan fingerprint density at radius 1 is 1.38 bits per heavy atom. The minimum atomic E-state index is -2.94. The van der Waals surface area contributed by atoms with Crippen molar-refractivity contribution < 1.29 is 18.3 Å². The Bertz CT molecular complexity index is 490. The molecule has 0 saturated carbocycles. The van der Waals surface area contributed by atoms with Gasteiger partial charge in [-0.05, 0) is 39.0 Å². The first kappa shape index (κ1) is 17.7. The molecule has 21 heavy (non-hydrogen) atoms. The van der Waals surface area contributed by atoms with Crippen LogP contribution in [0, 0.1) is 0 Å². The molecule has 7 heteroatoms. The van der Waals surface area contributed by atoms with Gasteiger partial charge in [0.1, 0.15) is 5.75 Å². The van der Waals surface area contributed by atoms with Crippen LogP contribution in [0.2, 0.25) is 5.02 Å². The number of halogens is 3. The number of rotatable bonds is 6. The van der Waals surface area contributed by atoms with Crippen LogP contribution in [0.3, 0.4) is 0 Å². The first-order valence-corrected chi connectivity index (χ1v) is 6.84. The van der Waals surface area contributed by atoms with Crippen LogP contribution in [0.5, 0.6) is 5.75 Å². The molecule has 0 saturated heterocycles. The number of anilines is 1. The second-order valence-electron chi connectivity index (χ2n) is 5.50. The third kappa shape index (κ3) is 7.24. The van der Waals surface area contributed by atoms with Gasteiger partial charge in [0.15, 0.2) is 0 Å². The third-order valence-electron chi connectivity index (χ3n) is 2.44. The van der Waals surface area contributed by atoms with Gasteiger partial charge >= 0.3 is 6.61 Å². The first-order valence-electron chi connectivity index (χ1n) is 6.46. The largest absolute Gasteiger partial charge is 0.433 e.